The van der Waals surface area contributed by atoms with Crippen molar-refractivity contribution in [3.63, 3.8) is 0 Å². The van der Waals surface area contributed by atoms with E-state index < -0.39 is 5.09 Å². The maximum Gasteiger partial charge on any atom is 2.00 e. The third-order valence-electron chi connectivity index (χ3n) is 0. The van der Waals surface area contributed by atoms with E-state index in [0.29, 0.717) is 0 Å². The van der Waals surface area contributed by atoms with E-state index in [-0.39, 0.29) is 38.6 Å². The van der Waals surface area contributed by atoms with Gasteiger partial charge in [-0.1, -0.05) is 0 Å². The maximum absolute atomic E-state index is 8.25. The second-order valence-corrected chi connectivity index (χ2v) is 0.224. The fourth-order valence-corrected chi connectivity index (χ4v) is 0. The first-order chi connectivity index (χ1) is 1.73. The smallest absolute Gasteiger partial charge is 1.00 e. The van der Waals surface area contributed by atoms with Crippen LogP contribution < -0.4 is 12.4 Å². The molecule has 6 heavy (non-hydrogen) atoms. The van der Waals surface area contributed by atoms with Crippen LogP contribution in [-0.2, 0) is 26.2 Å². The molecule has 0 spiro atoms. The summed E-state index contributed by atoms with van der Waals surface area (Å²) in [5, 5.41) is 14.8. The minimum atomic E-state index is -1.75. The first-order valence-electron chi connectivity index (χ1n) is 0.548. The summed E-state index contributed by atoms with van der Waals surface area (Å²) in [5.41, 5.74) is 0. The van der Waals surface area contributed by atoms with Crippen LogP contribution in [0.1, 0.15) is 0 Å². The topological polar surface area (TPSA) is 66.2 Å². The molecule has 0 amide bonds. The molecule has 6 heteroatoms. The monoisotopic (exact) mass is 187 g/mol. The van der Waals surface area contributed by atoms with Gasteiger partial charge >= 0.3 is 26.2 Å². The van der Waals surface area contributed by atoms with Gasteiger partial charge in [0.05, 0.1) is 5.09 Å². The number of halogens is 1. The Hall–Kier alpha value is 0.373. The van der Waals surface area contributed by atoms with Crippen LogP contribution >= 0.6 is 0 Å². The van der Waals surface area contributed by atoms with Crippen molar-refractivity contribution in [3.05, 3.63) is 15.3 Å². The summed E-state index contributed by atoms with van der Waals surface area (Å²) < 4.78 is 0. The van der Waals surface area contributed by atoms with Gasteiger partial charge in [-0.05, 0) is 0 Å². The molecule has 0 bridgehead atoms. The molecule has 0 aliphatic heterocycles. The van der Waals surface area contributed by atoms with Crippen LogP contribution in [-0.4, -0.2) is 5.09 Å². The number of hydrogen-bond donors (Lipinski definition) is 0. The molecular formula is ClNO3Zr. The van der Waals surface area contributed by atoms with E-state index in [1.165, 1.54) is 0 Å². The minimum Gasteiger partial charge on any atom is -1.00 e. The Morgan fingerprint density at radius 3 is 1.33 bits per heavy atom. The quantitative estimate of drug-likeness (QED) is 0.297. The van der Waals surface area contributed by atoms with Crippen LogP contribution in [0.25, 0.3) is 0 Å². The van der Waals surface area contributed by atoms with E-state index in [9.17, 15) is 0 Å². The zero-order valence-electron chi connectivity index (χ0n) is 2.55. The summed E-state index contributed by atoms with van der Waals surface area (Å²) in [6.07, 6.45) is 0. The van der Waals surface area contributed by atoms with Crippen molar-refractivity contribution in [2.75, 3.05) is 0 Å². The molecule has 4 nitrogen and oxygen atoms in total. The Balaban J connectivity index is -0.0000000450. The van der Waals surface area contributed by atoms with E-state index in [4.69, 9.17) is 15.3 Å². The van der Waals surface area contributed by atoms with Gasteiger partial charge < -0.3 is 27.7 Å². The Morgan fingerprint density at radius 1 is 1.33 bits per heavy atom. The number of hydrogen-bond acceptors (Lipinski definition) is 3. The molecule has 0 aliphatic rings. The second-order valence-electron chi connectivity index (χ2n) is 0.224. The van der Waals surface area contributed by atoms with Gasteiger partial charge in [0.2, 0.25) is 0 Å². The molecule has 0 unspecified atom stereocenters. The van der Waals surface area contributed by atoms with E-state index in [2.05, 4.69) is 0 Å². The molecule has 0 fully saturated rings. The first-order valence-corrected chi connectivity index (χ1v) is 0.548. The average Bonchev–Trinajstić information content (AvgIpc) is 0.811. The summed E-state index contributed by atoms with van der Waals surface area (Å²) in [5.74, 6) is 0. The number of nitrogens with zero attached hydrogens (tertiary/aromatic N) is 1. The first kappa shape index (κ1) is 16.2. The Morgan fingerprint density at radius 2 is 1.33 bits per heavy atom. The normalized spacial score (nSPS) is 4.00. The van der Waals surface area contributed by atoms with E-state index >= 15 is 0 Å². The summed E-state index contributed by atoms with van der Waals surface area (Å²) in [6.45, 7) is 0. The molecule has 0 saturated heterocycles. The van der Waals surface area contributed by atoms with Crippen molar-refractivity contribution in [2.24, 2.45) is 0 Å². The standard InChI is InChI=1S/ClH.NO3.Zr/c;2-1(3)4;/h1H;;/q;-1;+2/p-1. The van der Waals surface area contributed by atoms with E-state index in [0.717, 1.165) is 0 Å². The average molecular weight is 189 g/mol. The summed E-state index contributed by atoms with van der Waals surface area (Å²) in [4.78, 5) is 8.25. The van der Waals surface area contributed by atoms with Crippen LogP contribution in [0.2, 0.25) is 0 Å². The zero-order valence-corrected chi connectivity index (χ0v) is 5.76. The van der Waals surface area contributed by atoms with Gasteiger partial charge in [0, 0.05) is 0 Å². The molecule has 0 aromatic carbocycles. The van der Waals surface area contributed by atoms with Gasteiger partial charge in [0.25, 0.3) is 0 Å². The SMILES string of the molecule is O=[N+]([O-])[O-].[Cl-].[Zr+2]. The van der Waals surface area contributed by atoms with Gasteiger partial charge in [-0.25, -0.2) is 0 Å². The van der Waals surface area contributed by atoms with Crippen molar-refractivity contribution < 1.29 is 43.7 Å². The van der Waals surface area contributed by atoms with Crippen molar-refractivity contribution in [3.8, 4) is 0 Å². The summed E-state index contributed by atoms with van der Waals surface area (Å²) in [6, 6.07) is 0. The van der Waals surface area contributed by atoms with Gasteiger partial charge in [0.15, 0.2) is 0 Å². The van der Waals surface area contributed by atoms with Crippen LogP contribution in [0.5, 0.6) is 0 Å². The molecule has 0 rings (SSSR count). The van der Waals surface area contributed by atoms with Crippen LogP contribution in [0, 0.1) is 15.3 Å². The molecule has 0 N–H and O–H groups in total. The molecule has 0 atom stereocenters. The third kappa shape index (κ3) is 357. The molecule has 0 aromatic heterocycles. The van der Waals surface area contributed by atoms with Gasteiger partial charge in [0.1, 0.15) is 0 Å². The molecule has 0 aliphatic carbocycles. The predicted molar refractivity (Wildman–Crippen MR) is 10.4 cm³/mol. The van der Waals surface area contributed by atoms with Crippen molar-refractivity contribution in [1.82, 2.24) is 0 Å². The Labute approximate surface area is 59.2 Å². The molecule has 0 heterocycles. The maximum atomic E-state index is 8.25. The van der Waals surface area contributed by atoms with E-state index in [1.54, 1.807) is 0 Å². The molecule has 34 valence electrons. The van der Waals surface area contributed by atoms with Gasteiger partial charge in [-0.15, -0.1) is 0 Å². The Bertz CT molecular complexity index is 33.8. The van der Waals surface area contributed by atoms with Gasteiger partial charge in [-0.3, -0.25) is 0 Å². The number of rotatable bonds is 0. The Kier molecular flexibility index (Phi) is 24.3. The van der Waals surface area contributed by atoms with Crippen LogP contribution in [0.4, 0.5) is 0 Å². The second kappa shape index (κ2) is 9.03. The van der Waals surface area contributed by atoms with Crippen molar-refractivity contribution in [2.45, 2.75) is 0 Å². The molecular weight excluding hydrogens is 189 g/mol. The largest absolute Gasteiger partial charge is 2.00 e. The van der Waals surface area contributed by atoms with Crippen molar-refractivity contribution in [1.29, 1.82) is 0 Å². The third-order valence-corrected chi connectivity index (χ3v) is 0. The van der Waals surface area contributed by atoms with Crippen molar-refractivity contribution >= 4 is 0 Å². The molecule has 0 saturated carbocycles. The van der Waals surface area contributed by atoms with E-state index in [1.807, 2.05) is 0 Å². The van der Waals surface area contributed by atoms with Gasteiger partial charge in [-0.2, -0.15) is 0 Å². The fraction of sp³-hybridized carbons (Fsp3) is 0. The predicted octanol–water partition coefficient (Wildman–Crippen LogP) is -3.24. The van der Waals surface area contributed by atoms with Crippen LogP contribution in [0.15, 0.2) is 0 Å². The molecule has 0 aromatic rings. The summed E-state index contributed by atoms with van der Waals surface area (Å²) >= 11 is 0. The zero-order chi connectivity index (χ0) is 3.58. The minimum absolute atomic E-state index is 0. The van der Waals surface area contributed by atoms with Crippen LogP contribution in [0.3, 0.4) is 0 Å². The molecule has 0 radical (unpaired) electrons. The summed E-state index contributed by atoms with van der Waals surface area (Å²) in [7, 11) is 0. The fourth-order valence-electron chi connectivity index (χ4n) is 0.